The van der Waals surface area contributed by atoms with Crippen LogP contribution in [-0.2, 0) is 4.79 Å². The summed E-state index contributed by atoms with van der Waals surface area (Å²) in [5, 5.41) is 10.4. The van der Waals surface area contributed by atoms with Crippen molar-refractivity contribution in [2.24, 2.45) is 10.3 Å². The number of nitrogens with one attached hydrogen (secondary N) is 1. The summed E-state index contributed by atoms with van der Waals surface area (Å²) >= 11 is 7.66. The Kier molecular flexibility index (Phi) is 5.35. The van der Waals surface area contributed by atoms with Crippen molar-refractivity contribution in [3.8, 4) is 0 Å². The molecule has 0 aromatic heterocycles. The number of rotatable bonds is 4. The summed E-state index contributed by atoms with van der Waals surface area (Å²) in [6, 6.07) is 19.5. The maximum Gasteiger partial charge on any atom is 0.247 e. The Morgan fingerprint density at radius 3 is 2.74 bits per heavy atom. The topological polar surface area (TPSA) is 60.3 Å². The highest BCUT2D eigenvalue weighted by Gasteiger charge is 2.31. The highest BCUT2D eigenvalue weighted by atomic mass is 35.5. The third-order valence-corrected chi connectivity index (χ3v) is 6.64. The van der Waals surface area contributed by atoms with Crippen LogP contribution < -0.4 is 10.3 Å². The van der Waals surface area contributed by atoms with Gasteiger partial charge in [-0.05, 0) is 35.9 Å². The van der Waals surface area contributed by atoms with E-state index in [2.05, 4.69) is 15.8 Å². The highest BCUT2D eigenvalue weighted by molar-refractivity contribution is 7.99. The Morgan fingerprint density at radius 2 is 1.87 bits per heavy atom. The second-order valence-corrected chi connectivity index (χ2v) is 8.48. The van der Waals surface area contributed by atoms with E-state index in [4.69, 9.17) is 11.6 Å². The number of carbonyl (C=O) groups excluding carboxylic acids is 1. The van der Waals surface area contributed by atoms with Crippen LogP contribution in [0.1, 0.15) is 11.6 Å². The number of hydrazine groups is 1. The van der Waals surface area contributed by atoms with E-state index in [-0.39, 0.29) is 24.3 Å². The molecule has 0 radical (unpaired) electrons. The van der Waals surface area contributed by atoms with E-state index < -0.39 is 0 Å². The van der Waals surface area contributed by atoms with E-state index in [0.717, 1.165) is 16.1 Å². The molecule has 0 fully saturated rings. The molecule has 1 atom stereocenters. The summed E-state index contributed by atoms with van der Waals surface area (Å²) in [5.41, 5.74) is 5.18. The maximum absolute atomic E-state index is 14.5. The molecule has 5 rings (SSSR count). The van der Waals surface area contributed by atoms with Crippen molar-refractivity contribution in [2.45, 2.75) is 15.8 Å². The predicted octanol–water partition coefficient (Wildman–Crippen LogP) is 5.54. The van der Waals surface area contributed by atoms with E-state index in [0.29, 0.717) is 22.2 Å². The molecule has 2 aliphatic heterocycles. The van der Waals surface area contributed by atoms with Gasteiger partial charge < -0.3 is 0 Å². The Labute approximate surface area is 187 Å². The molecule has 1 amide bonds. The lowest BCUT2D eigenvalue weighted by Crippen LogP contribution is -2.43. The fraction of sp³-hybridized carbons (Fsp3) is 0.136. The summed E-state index contributed by atoms with van der Waals surface area (Å²) in [5.74, 6) is -0.588. The van der Waals surface area contributed by atoms with Crippen molar-refractivity contribution in [2.75, 3.05) is 18.0 Å². The number of fused-ring (bicyclic) bond motifs is 2. The molecule has 9 heteroatoms. The number of hydrogen-bond acceptors (Lipinski definition) is 6. The molecule has 2 aliphatic rings. The normalized spacial score (nSPS) is 16.9. The van der Waals surface area contributed by atoms with Crippen LogP contribution in [-0.4, -0.2) is 24.1 Å². The third kappa shape index (κ3) is 3.67. The Balaban J connectivity index is 1.40. The summed E-state index contributed by atoms with van der Waals surface area (Å²) in [4.78, 5) is 16.1. The van der Waals surface area contributed by atoms with E-state index in [9.17, 15) is 9.18 Å². The lowest BCUT2D eigenvalue weighted by atomic mass is 10.1. The first-order valence-corrected chi connectivity index (χ1v) is 10.9. The zero-order valence-electron chi connectivity index (χ0n) is 16.2. The third-order valence-electron chi connectivity index (χ3n) is 5.12. The monoisotopic (exact) mass is 453 g/mol. The first kappa shape index (κ1) is 20.0. The molecule has 6 nitrogen and oxygen atoms in total. The zero-order chi connectivity index (χ0) is 21.4. The summed E-state index contributed by atoms with van der Waals surface area (Å²) in [6.45, 7) is 0.386. The van der Waals surface area contributed by atoms with Gasteiger partial charge in [-0.3, -0.25) is 9.69 Å². The van der Waals surface area contributed by atoms with Crippen LogP contribution >= 0.6 is 23.4 Å². The van der Waals surface area contributed by atoms with Gasteiger partial charge in [0, 0.05) is 9.92 Å². The molecule has 1 unspecified atom stereocenters. The molecular formula is C22H17ClFN5OS. The highest BCUT2D eigenvalue weighted by Crippen LogP contribution is 2.49. The molecule has 0 bridgehead atoms. The van der Waals surface area contributed by atoms with Crippen molar-refractivity contribution < 1.29 is 9.18 Å². The molecule has 2 heterocycles. The summed E-state index contributed by atoms with van der Waals surface area (Å²) in [6.07, 6.45) is 0. The number of carbonyl (C=O) groups is 1. The van der Waals surface area contributed by atoms with Gasteiger partial charge in [-0.15, -0.1) is 0 Å². The van der Waals surface area contributed by atoms with Crippen LogP contribution in [0.15, 0.2) is 86.9 Å². The first-order valence-electron chi connectivity index (χ1n) is 9.66. The van der Waals surface area contributed by atoms with Crippen molar-refractivity contribution in [1.82, 2.24) is 10.5 Å². The summed E-state index contributed by atoms with van der Waals surface area (Å²) < 4.78 is 14.5. The van der Waals surface area contributed by atoms with Crippen molar-refractivity contribution >= 4 is 40.6 Å². The SMILES string of the molecule is O=C(CNN1N=NCC1c1ccccc1Cl)N1c2ccccc2Sc2c(F)cccc21. The minimum atomic E-state index is -0.352. The van der Waals surface area contributed by atoms with Crippen LogP contribution in [0.2, 0.25) is 5.02 Å². The lowest BCUT2D eigenvalue weighted by Gasteiger charge is -2.32. The van der Waals surface area contributed by atoms with Crippen LogP contribution in [0.5, 0.6) is 0 Å². The fourth-order valence-corrected chi connectivity index (χ4v) is 5.00. The average Bonchev–Trinajstić information content (AvgIpc) is 3.25. The first-order chi connectivity index (χ1) is 15.1. The van der Waals surface area contributed by atoms with E-state index >= 15 is 0 Å². The Bertz CT molecular complexity index is 1190. The number of halogens is 2. The molecule has 3 aromatic rings. The molecule has 0 saturated heterocycles. The van der Waals surface area contributed by atoms with Gasteiger partial charge in [0.05, 0.1) is 29.4 Å². The molecule has 0 saturated carbocycles. The number of para-hydroxylation sites is 1. The van der Waals surface area contributed by atoms with Gasteiger partial charge in [0.1, 0.15) is 11.9 Å². The number of benzene rings is 3. The standard InChI is InChI=1S/C22H17ClFN5OS/c23-15-7-2-1-6-14(15)19-12-25-27-29(19)26-13-21(30)28-17-9-3-4-11-20(17)31-22-16(24)8-5-10-18(22)28/h1-11,19,26H,12-13H2. The van der Waals surface area contributed by atoms with Gasteiger partial charge in [-0.1, -0.05) is 65.0 Å². The van der Waals surface area contributed by atoms with Crippen LogP contribution in [0.4, 0.5) is 15.8 Å². The second-order valence-electron chi connectivity index (χ2n) is 7.02. The average molecular weight is 454 g/mol. The van der Waals surface area contributed by atoms with Gasteiger partial charge in [0.25, 0.3) is 0 Å². The second kappa shape index (κ2) is 8.30. The number of anilines is 2. The number of nitrogens with zero attached hydrogens (tertiary/aromatic N) is 4. The molecular weight excluding hydrogens is 437 g/mol. The lowest BCUT2D eigenvalue weighted by molar-refractivity contribution is -0.118. The zero-order valence-corrected chi connectivity index (χ0v) is 17.8. The van der Waals surface area contributed by atoms with Crippen molar-refractivity contribution in [3.63, 3.8) is 0 Å². The smallest absolute Gasteiger partial charge is 0.247 e. The van der Waals surface area contributed by atoms with Crippen molar-refractivity contribution in [3.05, 3.63) is 83.1 Å². The minimum absolute atomic E-state index is 0.0467. The molecule has 0 aliphatic carbocycles. The van der Waals surface area contributed by atoms with Crippen LogP contribution in [0.3, 0.4) is 0 Å². The molecule has 3 aromatic carbocycles. The maximum atomic E-state index is 14.5. The van der Waals surface area contributed by atoms with E-state index in [1.165, 1.54) is 17.8 Å². The minimum Gasteiger partial charge on any atom is -0.277 e. The molecule has 0 spiro atoms. The molecule has 156 valence electrons. The Hall–Kier alpha value is -2.94. The van der Waals surface area contributed by atoms with Crippen LogP contribution in [0, 0.1) is 5.82 Å². The largest absolute Gasteiger partial charge is 0.277 e. The Morgan fingerprint density at radius 1 is 1.10 bits per heavy atom. The van der Waals surface area contributed by atoms with Crippen LogP contribution in [0.25, 0.3) is 0 Å². The predicted molar refractivity (Wildman–Crippen MR) is 118 cm³/mol. The number of amides is 1. The van der Waals surface area contributed by atoms with Gasteiger partial charge in [-0.2, -0.15) is 5.11 Å². The van der Waals surface area contributed by atoms with Crippen molar-refractivity contribution in [1.29, 1.82) is 0 Å². The number of hydrogen-bond donors (Lipinski definition) is 1. The van der Waals surface area contributed by atoms with Gasteiger partial charge in [0.15, 0.2) is 0 Å². The van der Waals surface area contributed by atoms with E-state index in [1.807, 2.05) is 48.5 Å². The quantitative estimate of drug-likeness (QED) is 0.563. The fourth-order valence-electron chi connectivity index (χ4n) is 3.68. The van der Waals surface area contributed by atoms with E-state index in [1.54, 1.807) is 22.2 Å². The van der Waals surface area contributed by atoms with Gasteiger partial charge >= 0.3 is 0 Å². The van der Waals surface area contributed by atoms with Gasteiger partial charge in [-0.25, -0.2) is 14.9 Å². The summed E-state index contributed by atoms with van der Waals surface area (Å²) in [7, 11) is 0. The van der Waals surface area contributed by atoms with Gasteiger partial charge in [0.2, 0.25) is 5.91 Å². The molecule has 31 heavy (non-hydrogen) atoms. The molecule has 1 N–H and O–H groups in total.